The third kappa shape index (κ3) is 2.97. The zero-order chi connectivity index (χ0) is 14.0. The average Bonchev–Trinajstić information content (AvgIpc) is 2.82. The molecule has 0 aromatic carbocycles. The fraction of sp³-hybridized carbons (Fsp3) is 0.111. The highest BCUT2D eigenvalue weighted by atomic mass is 79.9. The van der Waals surface area contributed by atoms with Gasteiger partial charge in [0.05, 0.1) is 22.1 Å². The number of pyridine rings is 1. The van der Waals surface area contributed by atoms with Crippen molar-refractivity contribution in [2.45, 2.75) is 6.54 Å². The van der Waals surface area contributed by atoms with E-state index in [9.17, 15) is 14.9 Å². The smallest absolute Gasteiger partial charge is 0.286 e. The number of nitrogens with one attached hydrogen (secondary N) is 1. The molecule has 0 fully saturated rings. The van der Waals surface area contributed by atoms with Crippen LogP contribution in [0.15, 0.2) is 27.7 Å². The first-order chi connectivity index (χ1) is 9.01. The van der Waals surface area contributed by atoms with Gasteiger partial charge in [0, 0.05) is 17.1 Å². The van der Waals surface area contributed by atoms with E-state index in [-0.39, 0.29) is 22.3 Å². The first-order valence-electron chi connectivity index (χ1n) is 4.97. The number of hydrazine groups is 1. The van der Waals surface area contributed by atoms with E-state index in [2.05, 4.69) is 26.3 Å². The van der Waals surface area contributed by atoms with E-state index in [1.807, 2.05) is 0 Å². The Bertz CT molecular complexity index is 683. The number of hydrogen-bond acceptors (Lipinski definition) is 7. The van der Waals surface area contributed by atoms with Crippen molar-refractivity contribution < 1.29 is 4.92 Å². The summed E-state index contributed by atoms with van der Waals surface area (Å²) < 4.78 is 1.39. The van der Waals surface area contributed by atoms with Gasteiger partial charge in [-0.15, -0.1) is 0 Å². The summed E-state index contributed by atoms with van der Waals surface area (Å²) in [7, 11) is 0. The third-order valence-electron chi connectivity index (χ3n) is 2.24. The molecule has 2 rings (SSSR count). The number of rotatable bonds is 4. The van der Waals surface area contributed by atoms with E-state index in [0.717, 1.165) is 4.88 Å². The van der Waals surface area contributed by atoms with Crippen LogP contribution in [0.5, 0.6) is 0 Å². The maximum Gasteiger partial charge on any atom is 0.286 e. The highest BCUT2D eigenvalue weighted by molar-refractivity contribution is 9.10. The van der Waals surface area contributed by atoms with Crippen molar-refractivity contribution in [3.05, 3.63) is 48.3 Å². The van der Waals surface area contributed by atoms with Gasteiger partial charge in [-0.25, -0.2) is 10.8 Å². The van der Waals surface area contributed by atoms with Gasteiger partial charge in [0.25, 0.3) is 11.2 Å². The summed E-state index contributed by atoms with van der Waals surface area (Å²) in [6, 6.07) is 1.18. The molecule has 2 heterocycles. The summed E-state index contributed by atoms with van der Waals surface area (Å²) >= 11 is 4.28. The predicted molar refractivity (Wildman–Crippen MR) is 74.1 cm³/mol. The minimum atomic E-state index is -0.555. The molecular formula is C9H8BrN5O3S. The fourth-order valence-electron chi connectivity index (χ4n) is 1.42. The van der Waals surface area contributed by atoms with Crippen LogP contribution >= 0.6 is 27.3 Å². The van der Waals surface area contributed by atoms with Crippen LogP contribution in [0.3, 0.4) is 0 Å². The zero-order valence-corrected chi connectivity index (χ0v) is 11.8. The molecule has 0 aliphatic rings. The Morgan fingerprint density at radius 3 is 2.95 bits per heavy atom. The van der Waals surface area contributed by atoms with E-state index in [0.29, 0.717) is 5.13 Å². The van der Waals surface area contributed by atoms with Gasteiger partial charge in [-0.05, 0) is 15.9 Å². The molecule has 10 heteroatoms. The van der Waals surface area contributed by atoms with Gasteiger partial charge in [0.15, 0.2) is 5.13 Å². The molecule has 0 unspecified atom stereocenters. The number of hydrogen-bond donors (Lipinski definition) is 2. The van der Waals surface area contributed by atoms with Gasteiger partial charge in [-0.1, -0.05) is 11.3 Å². The number of nitro groups is 1. The largest absolute Gasteiger partial charge is 0.302 e. The van der Waals surface area contributed by atoms with Gasteiger partial charge >= 0.3 is 0 Å². The van der Waals surface area contributed by atoms with Crippen LogP contribution in [0.1, 0.15) is 4.88 Å². The molecule has 0 bridgehead atoms. The Morgan fingerprint density at radius 2 is 2.37 bits per heavy atom. The van der Waals surface area contributed by atoms with E-state index in [1.54, 1.807) is 6.20 Å². The van der Waals surface area contributed by atoms with E-state index in [1.165, 1.54) is 28.2 Å². The minimum absolute atomic E-state index is 0.142. The molecule has 2 aromatic heterocycles. The summed E-state index contributed by atoms with van der Waals surface area (Å²) in [5.74, 6) is 5.21. The van der Waals surface area contributed by atoms with Gasteiger partial charge in [0.1, 0.15) is 0 Å². The number of thiazole rings is 1. The Balaban J connectivity index is 2.38. The molecule has 0 spiro atoms. The van der Waals surface area contributed by atoms with Crippen LogP contribution < -0.4 is 16.8 Å². The number of aromatic nitrogens is 2. The van der Waals surface area contributed by atoms with Crippen molar-refractivity contribution >= 4 is 38.1 Å². The zero-order valence-electron chi connectivity index (χ0n) is 9.37. The summed E-state index contributed by atoms with van der Waals surface area (Å²) in [6.07, 6.45) is 2.75. The quantitative estimate of drug-likeness (QED) is 0.490. The Morgan fingerprint density at radius 1 is 1.63 bits per heavy atom. The van der Waals surface area contributed by atoms with Crippen LogP contribution in [0, 0.1) is 10.1 Å². The molecule has 100 valence electrons. The lowest BCUT2D eigenvalue weighted by molar-refractivity contribution is -0.385. The average molecular weight is 346 g/mol. The fourth-order valence-corrected chi connectivity index (χ4v) is 2.60. The molecule has 0 saturated heterocycles. The molecule has 0 saturated carbocycles. The van der Waals surface area contributed by atoms with Gasteiger partial charge < -0.3 is 4.57 Å². The second-order valence-corrected chi connectivity index (χ2v) is 5.48. The van der Waals surface area contributed by atoms with Crippen LogP contribution in [0.2, 0.25) is 0 Å². The lowest BCUT2D eigenvalue weighted by atomic mass is 10.4. The molecule has 2 aromatic rings. The Kier molecular flexibility index (Phi) is 3.93. The van der Waals surface area contributed by atoms with Crippen molar-refractivity contribution in [2.75, 3.05) is 5.43 Å². The van der Waals surface area contributed by atoms with Crippen LogP contribution in [0.4, 0.5) is 10.8 Å². The summed E-state index contributed by atoms with van der Waals surface area (Å²) in [5, 5.41) is 11.3. The summed E-state index contributed by atoms with van der Waals surface area (Å²) in [6.45, 7) is 0.193. The molecule has 0 atom stereocenters. The predicted octanol–water partition coefficient (Wildman–Crippen LogP) is 1.31. The summed E-state index contributed by atoms with van der Waals surface area (Å²) in [5.41, 5.74) is 1.89. The molecule has 19 heavy (non-hydrogen) atoms. The summed E-state index contributed by atoms with van der Waals surface area (Å²) in [4.78, 5) is 26.8. The molecule has 0 aliphatic carbocycles. The minimum Gasteiger partial charge on any atom is -0.302 e. The van der Waals surface area contributed by atoms with Crippen LogP contribution in [-0.2, 0) is 6.54 Å². The normalized spacial score (nSPS) is 10.4. The molecule has 0 radical (unpaired) electrons. The van der Waals surface area contributed by atoms with Crippen molar-refractivity contribution in [3.63, 3.8) is 0 Å². The second-order valence-electron chi connectivity index (χ2n) is 3.51. The Labute approximate surface area is 119 Å². The Hall–Kier alpha value is -1.78. The SMILES string of the molecule is NNc1ncc(Cn2cc([N+](=O)[O-])cc(Br)c2=O)s1. The van der Waals surface area contributed by atoms with Crippen LogP contribution in [-0.4, -0.2) is 14.5 Å². The lowest BCUT2D eigenvalue weighted by Crippen LogP contribution is -2.20. The first kappa shape index (κ1) is 13.6. The lowest BCUT2D eigenvalue weighted by Gasteiger charge is -2.04. The highest BCUT2D eigenvalue weighted by Crippen LogP contribution is 2.19. The van der Waals surface area contributed by atoms with Gasteiger partial charge in [-0.3, -0.25) is 20.3 Å². The van der Waals surface area contributed by atoms with Crippen molar-refractivity contribution in [2.24, 2.45) is 5.84 Å². The van der Waals surface area contributed by atoms with Crippen molar-refractivity contribution in [1.82, 2.24) is 9.55 Å². The van der Waals surface area contributed by atoms with E-state index in [4.69, 9.17) is 5.84 Å². The van der Waals surface area contributed by atoms with Crippen LogP contribution in [0.25, 0.3) is 0 Å². The van der Waals surface area contributed by atoms with E-state index >= 15 is 0 Å². The number of anilines is 1. The second kappa shape index (κ2) is 5.47. The number of nitrogens with zero attached hydrogens (tertiary/aromatic N) is 3. The third-order valence-corrected chi connectivity index (χ3v) is 3.72. The molecule has 3 N–H and O–H groups in total. The molecule has 8 nitrogen and oxygen atoms in total. The van der Waals surface area contributed by atoms with E-state index < -0.39 is 4.92 Å². The standard InChI is InChI=1S/C9H8BrN5O3S/c10-7-1-5(15(17)18)3-14(8(7)16)4-6-2-12-9(13-11)19-6/h1-3H,4,11H2,(H,12,13). The first-order valence-corrected chi connectivity index (χ1v) is 6.58. The van der Waals surface area contributed by atoms with Crippen molar-refractivity contribution in [3.8, 4) is 0 Å². The number of halogens is 1. The van der Waals surface area contributed by atoms with Gasteiger partial charge in [-0.2, -0.15) is 0 Å². The monoisotopic (exact) mass is 345 g/mol. The molecule has 0 aliphatic heterocycles. The topological polar surface area (TPSA) is 116 Å². The maximum atomic E-state index is 11.9. The maximum absolute atomic E-state index is 11.9. The molecular weight excluding hydrogens is 338 g/mol. The van der Waals surface area contributed by atoms with Crippen molar-refractivity contribution in [1.29, 1.82) is 0 Å². The number of nitrogen functional groups attached to an aromatic ring is 1. The van der Waals surface area contributed by atoms with Gasteiger partial charge in [0.2, 0.25) is 0 Å². The molecule has 0 amide bonds. The highest BCUT2D eigenvalue weighted by Gasteiger charge is 2.13. The number of nitrogens with two attached hydrogens (primary N) is 1.